The Hall–Kier alpha value is -0.670. The first-order valence-corrected chi connectivity index (χ1v) is 7.63. The third kappa shape index (κ3) is 1.59. The quantitative estimate of drug-likeness (QED) is 0.817. The summed E-state index contributed by atoms with van der Waals surface area (Å²) >= 11 is 2.01. The Kier molecular flexibility index (Phi) is 2.37. The molecule has 0 amide bonds. The number of benzene rings is 1. The molecule has 0 radical (unpaired) electrons. The van der Waals surface area contributed by atoms with Crippen LogP contribution in [0.1, 0.15) is 12.0 Å². The van der Waals surface area contributed by atoms with Crippen LogP contribution in [0.15, 0.2) is 23.1 Å². The minimum atomic E-state index is 0.752. The summed E-state index contributed by atoms with van der Waals surface area (Å²) in [6.45, 7) is 3.65. The molecule has 0 aliphatic carbocycles. The van der Waals surface area contributed by atoms with Crippen LogP contribution in [0.3, 0.4) is 0 Å². The molecule has 2 unspecified atom stereocenters. The summed E-state index contributed by atoms with van der Waals surface area (Å²) in [4.78, 5) is 4.14. The van der Waals surface area contributed by atoms with E-state index in [2.05, 4.69) is 28.4 Å². The van der Waals surface area contributed by atoms with Gasteiger partial charge >= 0.3 is 0 Å². The van der Waals surface area contributed by atoms with E-state index in [0.29, 0.717) is 0 Å². The summed E-state index contributed by atoms with van der Waals surface area (Å²) in [6, 6.07) is 7.86. The zero-order chi connectivity index (χ0) is 11.2. The highest BCUT2D eigenvalue weighted by Gasteiger charge is 2.37. The van der Waals surface area contributed by atoms with E-state index in [1.54, 1.807) is 5.56 Å². The van der Waals surface area contributed by atoms with Crippen molar-refractivity contribution < 1.29 is 0 Å². The van der Waals surface area contributed by atoms with Crippen molar-refractivity contribution in [2.24, 2.45) is 5.92 Å². The highest BCUT2D eigenvalue weighted by atomic mass is 32.2. The van der Waals surface area contributed by atoms with Crippen LogP contribution >= 0.6 is 11.8 Å². The number of hydrogen-bond acceptors (Lipinski definition) is 3. The number of nitrogens with one attached hydrogen (secondary N) is 1. The van der Waals surface area contributed by atoms with Crippen molar-refractivity contribution in [3.8, 4) is 0 Å². The first-order chi connectivity index (χ1) is 8.42. The van der Waals surface area contributed by atoms with Crippen LogP contribution in [-0.2, 0) is 6.42 Å². The highest BCUT2D eigenvalue weighted by Crippen LogP contribution is 2.37. The average Bonchev–Trinajstić information content (AvgIpc) is 3.03. The average molecular weight is 246 g/mol. The second-order valence-electron chi connectivity index (χ2n) is 5.36. The molecule has 1 aromatic carbocycles. The summed E-state index contributed by atoms with van der Waals surface area (Å²) in [5, 5.41) is 3.53. The molecule has 0 spiro atoms. The molecule has 0 saturated carbocycles. The van der Waals surface area contributed by atoms with Crippen molar-refractivity contribution in [2.45, 2.75) is 23.8 Å². The standard InChI is InChI=1S/C14H18N2S/c1-2-14-10(4-6-17-14)7-12(1)16-5-3-11-8-15-9-13(11)16/h1-2,7,11,13,15H,3-6,8-9H2. The van der Waals surface area contributed by atoms with Crippen molar-refractivity contribution in [2.75, 3.05) is 30.3 Å². The maximum absolute atomic E-state index is 3.53. The molecule has 3 aliphatic heterocycles. The van der Waals surface area contributed by atoms with Crippen LogP contribution in [0.25, 0.3) is 0 Å². The molecule has 1 aromatic rings. The lowest BCUT2D eigenvalue weighted by atomic mass is 10.0. The van der Waals surface area contributed by atoms with Crippen LogP contribution in [0.5, 0.6) is 0 Å². The third-order valence-electron chi connectivity index (χ3n) is 4.45. The summed E-state index contributed by atoms with van der Waals surface area (Å²) in [5.41, 5.74) is 3.03. The lowest BCUT2D eigenvalue weighted by Gasteiger charge is -2.26. The second-order valence-corrected chi connectivity index (χ2v) is 6.49. The van der Waals surface area contributed by atoms with Crippen LogP contribution in [0.2, 0.25) is 0 Å². The molecule has 3 heterocycles. The first kappa shape index (κ1) is 10.3. The lowest BCUT2D eigenvalue weighted by Crippen LogP contribution is -2.34. The van der Waals surface area contributed by atoms with Gasteiger partial charge in [0.05, 0.1) is 0 Å². The smallest absolute Gasteiger partial charge is 0.0455 e. The molecule has 4 rings (SSSR count). The Labute approximate surface area is 107 Å². The topological polar surface area (TPSA) is 15.3 Å². The molecular weight excluding hydrogens is 228 g/mol. The van der Waals surface area contributed by atoms with E-state index in [1.807, 2.05) is 11.8 Å². The van der Waals surface area contributed by atoms with Crippen LogP contribution in [0, 0.1) is 5.92 Å². The van der Waals surface area contributed by atoms with Crippen molar-refractivity contribution >= 4 is 17.4 Å². The largest absolute Gasteiger partial charge is 0.367 e. The van der Waals surface area contributed by atoms with Crippen molar-refractivity contribution in [1.29, 1.82) is 0 Å². The predicted molar refractivity (Wildman–Crippen MR) is 73.0 cm³/mol. The Morgan fingerprint density at radius 2 is 2.29 bits per heavy atom. The van der Waals surface area contributed by atoms with Gasteiger partial charge in [-0.25, -0.2) is 0 Å². The molecule has 90 valence electrons. The molecule has 2 atom stereocenters. The van der Waals surface area contributed by atoms with Gasteiger partial charge in [-0.3, -0.25) is 0 Å². The minimum absolute atomic E-state index is 0.752. The van der Waals surface area contributed by atoms with Gasteiger partial charge in [-0.2, -0.15) is 0 Å². The maximum Gasteiger partial charge on any atom is 0.0455 e. The molecule has 0 aromatic heterocycles. The molecule has 3 aliphatic rings. The summed E-state index contributed by atoms with van der Waals surface area (Å²) in [6.07, 6.45) is 2.62. The van der Waals surface area contributed by atoms with Gasteiger partial charge in [-0.15, -0.1) is 11.8 Å². The molecule has 1 N–H and O–H groups in total. The van der Waals surface area contributed by atoms with Gasteiger partial charge in [-0.05, 0) is 42.5 Å². The Bertz CT molecular complexity index is 446. The molecule has 2 saturated heterocycles. The predicted octanol–water partition coefficient (Wildman–Crippen LogP) is 2.13. The first-order valence-electron chi connectivity index (χ1n) is 6.65. The number of hydrogen-bond donors (Lipinski definition) is 1. The van der Waals surface area contributed by atoms with E-state index >= 15 is 0 Å². The van der Waals surface area contributed by atoms with E-state index in [4.69, 9.17) is 0 Å². The number of anilines is 1. The molecule has 2 fully saturated rings. The SMILES string of the molecule is c1cc2c(cc1N1CCC3CNCC31)CCS2. The van der Waals surface area contributed by atoms with Crippen LogP contribution < -0.4 is 10.2 Å². The van der Waals surface area contributed by atoms with Crippen LogP contribution in [-0.4, -0.2) is 31.4 Å². The highest BCUT2D eigenvalue weighted by molar-refractivity contribution is 7.99. The third-order valence-corrected chi connectivity index (χ3v) is 5.57. The Morgan fingerprint density at radius 3 is 3.29 bits per heavy atom. The molecule has 3 heteroatoms. The lowest BCUT2D eigenvalue weighted by molar-refractivity contribution is 0.578. The van der Waals surface area contributed by atoms with E-state index in [-0.39, 0.29) is 0 Å². The van der Waals surface area contributed by atoms with E-state index < -0.39 is 0 Å². The van der Waals surface area contributed by atoms with E-state index in [0.717, 1.165) is 12.0 Å². The fraction of sp³-hybridized carbons (Fsp3) is 0.571. The zero-order valence-corrected chi connectivity index (χ0v) is 10.8. The van der Waals surface area contributed by atoms with Gasteiger partial charge in [0, 0.05) is 42.0 Å². The van der Waals surface area contributed by atoms with E-state index in [1.165, 1.54) is 48.8 Å². The van der Waals surface area contributed by atoms with Gasteiger partial charge in [0.1, 0.15) is 0 Å². The molecule has 0 bridgehead atoms. The second kappa shape index (κ2) is 3.92. The molecular formula is C14H18N2S. The van der Waals surface area contributed by atoms with Crippen LogP contribution in [0.4, 0.5) is 5.69 Å². The van der Waals surface area contributed by atoms with Crippen molar-refractivity contribution in [3.05, 3.63) is 23.8 Å². The number of rotatable bonds is 1. The fourth-order valence-corrected chi connectivity index (χ4v) is 4.57. The monoisotopic (exact) mass is 246 g/mol. The van der Waals surface area contributed by atoms with Gasteiger partial charge in [0.15, 0.2) is 0 Å². The zero-order valence-electron chi connectivity index (χ0n) is 9.98. The van der Waals surface area contributed by atoms with E-state index in [9.17, 15) is 0 Å². The number of nitrogens with zero attached hydrogens (tertiary/aromatic N) is 1. The number of aryl methyl sites for hydroxylation is 1. The number of fused-ring (bicyclic) bond motifs is 2. The van der Waals surface area contributed by atoms with Gasteiger partial charge < -0.3 is 10.2 Å². The van der Waals surface area contributed by atoms with Gasteiger partial charge in [0.25, 0.3) is 0 Å². The molecule has 2 nitrogen and oxygen atoms in total. The molecule has 17 heavy (non-hydrogen) atoms. The van der Waals surface area contributed by atoms with Gasteiger partial charge in [-0.1, -0.05) is 0 Å². The van der Waals surface area contributed by atoms with Crippen molar-refractivity contribution in [3.63, 3.8) is 0 Å². The normalized spacial score (nSPS) is 30.7. The van der Waals surface area contributed by atoms with Gasteiger partial charge in [0.2, 0.25) is 0 Å². The maximum atomic E-state index is 3.53. The Morgan fingerprint density at radius 1 is 1.29 bits per heavy atom. The minimum Gasteiger partial charge on any atom is -0.367 e. The summed E-state index contributed by atoms with van der Waals surface area (Å²) in [7, 11) is 0. The number of thioether (sulfide) groups is 1. The summed E-state index contributed by atoms with van der Waals surface area (Å²) in [5.74, 6) is 2.16. The summed E-state index contributed by atoms with van der Waals surface area (Å²) < 4.78 is 0. The Balaban J connectivity index is 1.66. The fourth-order valence-electron chi connectivity index (χ4n) is 3.52. The van der Waals surface area contributed by atoms with Crippen molar-refractivity contribution in [1.82, 2.24) is 5.32 Å².